The standard InChI is InChI=1S/C22H30N4O2/c1-4-18-17(7-10-23-18)21(27)26-11-5-6-16-14-25(13-9-19(16)26)22(28)20-15(2)8-12-24(20)3/h7-8,10,12,16,19,23H,4-6,9,11,13-14H2,1-3H3. The molecule has 2 saturated heterocycles. The Morgan fingerprint density at radius 1 is 1.18 bits per heavy atom. The zero-order chi connectivity index (χ0) is 19.8. The molecule has 2 amide bonds. The van der Waals surface area contributed by atoms with E-state index in [9.17, 15) is 9.59 Å². The van der Waals surface area contributed by atoms with Crippen molar-refractivity contribution in [3.05, 3.63) is 47.0 Å². The van der Waals surface area contributed by atoms with Crippen LogP contribution in [0.5, 0.6) is 0 Å². The molecule has 0 spiro atoms. The van der Waals surface area contributed by atoms with E-state index in [1.165, 1.54) is 0 Å². The van der Waals surface area contributed by atoms with Gasteiger partial charge in [-0.1, -0.05) is 6.92 Å². The molecule has 2 unspecified atom stereocenters. The fourth-order valence-electron chi connectivity index (χ4n) is 5.02. The molecule has 2 aromatic rings. The van der Waals surface area contributed by atoms with Gasteiger partial charge < -0.3 is 19.4 Å². The van der Waals surface area contributed by atoms with Gasteiger partial charge in [-0.25, -0.2) is 0 Å². The molecular formula is C22H30N4O2. The Kier molecular flexibility index (Phi) is 5.04. The summed E-state index contributed by atoms with van der Waals surface area (Å²) in [6, 6.07) is 4.13. The van der Waals surface area contributed by atoms with Crippen molar-refractivity contribution in [2.24, 2.45) is 13.0 Å². The number of nitrogens with zero attached hydrogens (tertiary/aromatic N) is 3. The van der Waals surface area contributed by atoms with E-state index in [0.717, 1.165) is 61.3 Å². The van der Waals surface area contributed by atoms with E-state index in [-0.39, 0.29) is 17.9 Å². The highest BCUT2D eigenvalue weighted by molar-refractivity contribution is 5.96. The lowest BCUT2D eigenvalue weighted by Gasteiger charge is -2.47. The average Bonchev–Trinajstić information content (AvgIpc) is 3.32. The summed E-state index contributed by atoms with van der Waals surface area (Å²) >= 11 is 0. The molecule has 4 rings (SSSR count). The van der Waals surface area contributed by atoms with E-state index < -0.39 is 0 Å². The number of hydrogen-bond acceptors (Lipinski definition) is 2. The number of aryl methyl sites for hydroxylation is 3. The maximum absolute atomic E-state index is 13.2. The topological polar surface area (TPSA) is 61.3 Å². The third-order valence-corrected chi connectivity index (χ3v) is 6.51. The van der Waals surface area contributed by atoms with Gasteiger partial charge in [-0.15, -0.1) is 0 Å². The Morgan fingerprint density at radius 2 is 2.00 bits per heavy atom. The number of H-pyrrole nitrogens is 1. The highest BCUT2D eigenvalue weighted by atomic mass is 16.2. The highest BCUT2D eigenvalue weighted by Gasteiger charge is 2.40. The van der Waals surface area contributed by atoms with Crippen LogP contribution in [0.4, 0.5) is 0 Å². The van der Waals surface area contributed by atoms with Crippen molar-refractivity contribution in [1.82, 2.24) is 19.4 Å². The quantitative estimate of drug-likeness (QED) is 0.887. The van der Waals surface area contributed by atoms with Crippen LogP contribution in [-0.4, -0.2) is 56.8 Å². The van der Waals surface area contributed by atoms with Crippen molar-refractivity contribution in [2.45, 2.75) is 45.6 Å². The van der Waals surface area contributed by atoms with Crippen molar-refractivity contribution in [3.63, 3.8) is 0 Å². The molecular weight excluding hydrogens is 352 g/mol. The third-order valence-electron chi connectivity index (χ3n) is 6.51. The lowest BCUT2D eigenvalue weighted by Crippen LogP contribution is -2.56. The number of rotatable bonds is 3. The minimum absolute atomic E-state index is 0.116. The highest BCUT2D eigenvalue weighted by Crippen LogP contribution is 2.33. The van der Waals surface area contributed by atoms with Gasteiger partial charge >= 0.3 is 0 Å². The molecule has 2 aliphatic rings. The van der Waals surface area contributed by atoms with Crippen molar-refractivity contribution < 1.29 is 9.59 Å². The minimum atomic E-state index is 0.116. The molecule has 0 aromatic carbocycles. The molecule has 2 fully saturated rings. The molecule has 150 valence electrons. The molecule has 2 aromatic heterocycles. The number of aromatic amines is 1. The van der Waals surface area contributed by atoms with E-state index >= 15 is 0 Å². The van der Waals surface area contributed by atoms with Crippen molar-refractivity contribution >= 4 is 11.8 Å². The summed E-state index contributed by atoms with van der Waals surface area (Å²) in [5, 5.41) is 0. The Balaban J connectivity index is 1.50. The number of piperidine rings is 2. The predicted octanol–water partition coefficient (Wildman–Crippen LogP) is 2.99. The largest absolute Gasteiger partial charge is 0.364 e. The second-order valence-corrected chi connectivity index (χ2v) is 8.19. The number of carbonyl (C=O) groups is 2. The van der Waals surface area contributed by atoms with Crippen LogP contribution in [0.15, 0.2) is 24.5 Å². The lowest BCUT2D eigenvalue weighted by molar-refractivity contribution is 0.0194. The van der Waals surface area contributed by atoms with Crippen LogP contribution in [0.3, 0.4) is 0 Å². The van der Waals surface area contributed by atoms with Crippen LogP contribution in [-0.2, 0) is 13.5 Å². The van der Waals surface area contributed by atoms with Gasteiger partial charge in [-0.05, 0) is 56.2 Å². The first-order chi connectivity index (χ1) is 13.5. The summed E-state index contributed by atoms with van der Waals surface area (Å²) in [5.74, 6) is 0.622. The molecule has 0 aliphatic carbocycles. The Hall–Kier alpha value is -2.50. The third kappa shape index (κ3) is 3.15. The maximum atomic E-state index is 13.2. The van der Waals surface area contributed by atoms with E-state index in [2.05, 4.69) is 16.8 Å². The first kappa shape index (κ1) is 18.8. The number of nitrogens with one attached hydrogen (secondary N) is 1. The van der Waals surface area contributed by atoms with Crippen LogP contribution >= 0.6 is 0 Å². The Morgan fingerprint density at radius 3 is 2.71 bits per heavy atom. The zero-order valence-corrected chi connectivity index (χ0v) is 17.1. The second-order valence-electron chi connectivity index (χ2n) is 8.19. The van der Waals surface area contributed by atoms with E-state index in [1.54, 1.807) is 0 Å². The fourth-order valence-corrected chi connectivity index (χ4v) is 5.02. The van der Waals surface area contributed by atoms with Gasteiger partial charge in [0.1, 0.15) is 5.69 Å². The summed E-state index contributed by atoms with van der Waals surface area (Å²) in [7, 11) is 1.93. The SMILES string of the molecule is CCc1[nH]ccc1C(=O)N1CCCC2CN(C(=O)c3c(C)ccn3C)CCC21. The summed E-state index contributed by atoms with van der Waals surface area (Å²) in [6.45, 7) is 6.33. The molecule has 6 nitrogen and oxygen atoms in total. The summed E-state index contributed by atoms with van der Waals surface area (Å²) in [6.07, 6.45) is 7.57. The molecule has 4 heterocycles. The second kappa shape index (κ2) is 7.49. The molecule has 6 heteroatoms. The van der Waals surface area contributed by atoms with Gasteiger partial charge in [0.05, 0.1) is 5.56 Å². The van der Waals surface area contributed by atoms with Crippen LogP contribution < -0.4 is 0 Å². The number of hydrogen-bond donors (Lipinski definition) is 1. The Labute approximate surface area is 166 Å². The minimum Gasteiger partial charge on any atom is -0.364 e. The number of likely N-dealkylation sites (tertiary alicyclic amines) is 2. The molecule has 0 saturated carbocycles. The fraction of sp³-hybridized carbons (Fsp3) is 0.545. The molecule has 0 bridgehead atoms. The normalized spacial score (nSPS) is 22.2. The summed E-state index contributed by atoms with van der Waals surface area (Å²) in [4.78, 5) is 33.6. The first-order valence-electron chi connectivity index (χ1n) is 10.4. The number of amides is 2. The molecule has 2 atom stereocenters. The maximum Gasteiger partial charge on any atom is 0.270 e. The average molecular weight is 383 g/mol. The van der Waals surface area contributed by atoms with E-state index in [4.69, 9.17) is 0 Å². The van der Waals surface area contributed by atoms with Crippen molar-refractivity contribution in [1.29, 1.82) is 0 Å². The van der Waals surface area contributed by atoms with Gasteiger partial charge in [0.25, 0.3) is 11.8 Å². The molecule has 1 N–H and O–H groups in total. The summed E-state index contributed by atoms with van der Waals surface area (Å²) < 4.78 is 1.92. The van der Waals surface area contributed by atoms with E-state index in [1.807, 2.05) is 48.0 Å². The Bertz CT molecular complexity index is 861. The van der Waals surface area contributed by atoms with E-state index in [0.29, 0.717) is 12.5 Å². The van der Waals surface area contributed by atoms with Gasteiger partial charge in [0.2, 0.25) is 0 Å². The molecule has 2 aliphatic heterocycles. The van der Waals surface area contributed by atoms with Crippen LogP contribution in [0.2, 0.25) is 0 Å². The van der Waals surface area contributed by atoms with Crippen LogP contribution in [0.25, 0.3) is 0 Å². The number of fused-ring (bicyclic) bond motifs is 1. The number of carbonyl (C=O) groups excluding carboxylic acids is 2. The van der Waals surface area contributed by atoms with Gasteiger partial charge in [0, 0.05) is 50.8 Å². The molecule has 0 radical (unpaired) electrons. The van der Waals surface area contributed by atoms with Gasteiger partial charge in [-0.2, -0.15) is 0 Å². The monoisotopic (exact) mass is 382 g/mol. The van der Waals surface area contributed by atoms with Crippen molar-refractivity contribution in [2.75, 3.05) is 19.6 Å². The predicted molar refractivity (Wildman–Crippen MR) is 108 cm³/mol. The molecule has 28 heavy (non-hydrogen) atoms. The number of aromatic nitrogens is 2. The zero-order valence-electron chi connectivity index (χ0n) is 17.1. The van der Waals surface area contributed by atoms with Crippen LogP contribution in [0, 0.1) is 12.8 Å². The lowest BCUT2D eigenvalue weighted by atomic mass is 9.83. The van der Waals surface area contributed by atoms with Gasteiger partial charge in [-0.3, -0.25) is 9.59 Å². The van der Waals surface area contributed by atoms with Gasteiger partial charge in [0.15, 0.2) is 0 Å². The summed E-state index contributed by atoms with van der Waals surface area (Å²) in [5.41, 5.74) is 3.62. The van der Waals surface area contributed by atoms with Crippen LogP contribution in [0.1, 0.15) is 58.3 Å². The smallest absolute Gasteiger partial charge is 0.270 e. The van der Waals surface area contributed by atoms with Crippen molar-refractivity contribution in [3.8, 4) is 0 Å². The first-order valence-corrected chi connectivity index (χ1v) is 10.4.